The highest BCUT2D eigenvalue weighted by atomic mass is 32.2. The Kier molecular flexibility index (Phi) is 5.92. The molecule has 0 spiro atoms. The van der Waals surface area contributed by atoms with Crippen LogP contribution < -0.4 is 5.32 Å². The van der Waals surface area contributed by atoms with E-state index in [0.29, 0.717) is 45.1 Å². The second-order valence-electron chi connectivity index (χ2n) is 7.28. The summed E-state index contributed by atoms with van der Waals surface area (Å²) < 4.78 is 61.0. The van der Waals surface area contributed by atoms with Gasteiger partial charge in [0.2, 0.25) is 0 Å². The summed E-state index contributed by atoms with van der Waals surface area (Å²) in [5.74, 6) is 0.638. The third-order valence-electron chi connectivity index (χ3n) is 4.66. The summed E-state index contributed by atoms with van der Waals surface area (Å²) in [6.45, 7) is 6.23. The van der Waals surface area contributed by atoms with E-state index >= 15 is 0 Å². The quantitative estimate of drug-likeness (QED) is 0.583. The molecule has 6 nitrogen and oxygen atoms in total. The van der Waals surface area contributed by atoms with Crippen molar-refractivity contribution in [1.29, 1.82) is 0 Å². The molecule has 1 N–H and O–H groups in total. The fourth-order valence-electron chi connectivity index (χ4n) is 3.24. The Morgan fingerprint density at radius 3 is 2.56 bits per heavy atom. The summed E-state index contributed by atoms with van der Waals surface area (Å²) in [4.78, 5) is 7.70. The fraction of sp³-hybridized carbons (Fsp3) is 0.933. The van der Waals surface area contributed by atoms with Crippen LogP contribution in [0.3, 0.4) is 0 Å². The van der Waals surface area contributed by atoms with Crippen LogP contribution >= 0.6 is 0 Å². The second-order valence-corrected chi connectivity index (χ2v) is 10.0. The molecule has 0 radical (unpaired) electrons. The largest absolute Gasteiger partial charge is 0.401 e. The van der Waals surface area contributed by atoms with E-state index in [9.17, 15) is 21.6 Å². The molecule has 2 fully saturated rings. The molecule has 0 amide bonds. The predicted octanol–water partition coefficient (Wildman–Crippen LogP) is 1.10. The molecular weight excluding hydrogens is 357 g/mol. The van der Waals surface area contributed by atoms with E-state index in [1.807, 2.05) is 11.8 Å². The molecule has 2 rings (SSSR count). The minimum absolute atomic E-state index is 0.0509. The Morgan fingerprint density at radius 2 is 2.00 bits per heavy atom. The van der Waals surface area contributed by atoms with Crippen LogP contribution in [0.2, 0.25) is 0 Å². The normalized spacial score (nSPS) is 27.5. The van der Waals surface area contributed by atoms with Crippen LogP contribution in [-0.4, -0.2) is 86.2 Å². The lowest BCUT2D eigenvalue weighted by Crippen LogP contribution is -2.58. The topological polar surface area (TPSA) is 65.0 Å². The average Bonchev–Trinajstić information content (AvgIpc) is 2.86. The zero-order valence-corrected chi connectivity index (χ0v) is 15.8. The number of nitrogens with one attached hydrogen (secondary N) is 1. The van der Waals surface area contributed by atoms with E-state index in [1.165, 1.54) is 4.90 Å². The molecule has 1 unspecified atom stereocenters. The van der Waals surface area contributed by atoms with Gasteiger partial charge in [-0.05, 0) is 27.2 Å². The number of alkyl halides is 3. The molecule has 2 heterocycles. The third-order valence-corrected chi connectivity index (χ3v) is 7.19. The molecule has 10 heteroatoms. The Bertz CT molecular complexity index is 604. The molecule has 146 valence electrons. The zero-order chi connectivity index (χ0) is 18.9. The average molecular weight is 384 g/mol. The van der Waals surface area contributed by atoms with Crippen LogP contribution in [-0.2, 0) is 9.84 Å². The van der Waals surface area contributed by atoms with Crippen LogP contribution in [0.1, 0.15) is 27.2 Å². The van der Waals surface area contributed by atoms with Crippen molar-refractivity contribution in [2.24, 2.45) is 4.99 Å². The first-order chi connectivity index (χ1) is 11.4. The van der Waals surface area contributed by atoms with Gasteiger partial charge in [0.1, 0.15) is 0 Å². The van der Waals surface area contributed by atoms with Gasteiger partial charge >= 0.3 is 6.18 Å². The van der Waals surface area contributed by atoms with E-state index in [2.05, 4.69) is 10.3 Å². The molecule has 0 aromatic rings. The van der Waals surface area contributed by atoms with Crippen molar-refractivity contribution in [2.45, 2.75) is 44.2 Å². The lowest BCUT2D eigenvalue weighted by molar-refractivity contribution is -0.143. The summed E-state index contributed by atoms with van der Waals surface area (Å²) in [5, 5.41) is 3.24. The number of sulfone groups is 1. The van der Waals surface area contributed by atoms with Gasteiger partial charge in [-0.1, -0.05) is 0 Å². The number of halogens is 3. The van der Waals surface area contributed by atoms with Gasteiger partial charge in [0.15, 0.2) is 15.8 Å². The van der Waals surface area contributed by atoms with Gasteiger partial charge in [0, 0.05) is 38.8 Å². The first kappa shape index (κ1) is 20.3. The van der Waals surface area contributed by atoms with Crippen LogP contribution in [0.5, 0.6) is 0 Å². The molecular formula is C15H27F3N4O2S. The number of rotatable bonds is 3. The van der Waals surface area contributed by atoms with Crippen molar-refractivity contribution < 1.29 is 21.6 Å². The van der Waals surface area contributed by atoms with Crippen molar-refractivity contribution in [3.05, 3.63) is 0 Å². The number of aliphatic imine (C=N–C) groups is 1. The highest BCUT2D eigenvalue weighted by molar-refractivity contribution is 7.92. The predicted molar refractivity (Wildman–Crippen MR) is 91.5 cm³/mol. The highest BCUT2D eigenvalue weighted by Gasteiger charge is 2.41. The summed E-state index contributed by atoms with van der Waals surface area (Å²) >= 11 is 0. The Morgan fingerprint density at radius 1 is 1.32 bits per heavy atom. The van der Waals surface area contributed by atoms with Gasteiger partial charge in [0.05, 0.1) is 17.0 Å². The van der Waals surface area contributed by atoms with Crippen LogP contribution in [0, 0.1) is 0 Å². The molecule has 2 aliphatic rings. The molecule has 2 aliphatic heterocycles. The number of nitrogens with zero attached hydrogens (tertiary/aromatic N) is 3. The van der Waals surface area contributed by atoms with E-state index in [1.54, 1.807) is 13.8 Å². The fourth-order valence-corrected chi connectivity index (χ4v) is 4.61. The number of hydrogen-bond acceptors (Lipinski definition) is 4. The maximum absolute atomic E-state index is 12.5. The Labute approximate surface area is 147 Å². The second kappa shape index (κ2) is 7.30. The standard InChI is InChI=1S/C15H27F3N4O2S/c1-4-19-13(22-7-8-25(23,24)14(2,3)10-22)20-12-5-6-21(9-12)11-15(16,17)18/h12H,4-11H2,1-3H3,(H,19,20). The molecule has 2 saturated heterocycles. The lowest BCUT2D eigenvalue weighted by atomic mass is 10.2. The Hall–Kier alpha value is -1.03. The Balaban J connectivity index is 2.00. The van der Waals surface area contributed by atoms with Crippen molar-refractivity contribution in [2.75, 3.05) is 45.0 Å². The maximum Gasteiger partial charge on any atom is 0.401 e. The summed E-state index contributed by atoms with van der Waals surface area (Å²) in [5.41, 5.74) is 0. The van der Waals surface area contributed by atoms with Crippen molar-refractivity contribution >= 4 is 15.8 Å². The summed E-state index contributed by atoms with van der Waals surface area (Å²) in [7, 11) is -3.16. The molecule has 0 aromatic carbocycles. The van der Waals surface area contributed by atoms with Gasteiger partial charge in [0.25, 0.3) is 0 Å². The number of guanidine groups is 1. The first-order valence-corrected chi connectivity index (χ1v) is 10.2. The van der Waals surface area contributed by atoms with Gasteiger partial charge < -0.3 is 10.2 Å². The van der Waals surface area contributed by atoms with Gasteiger partial charge in [-0.3, -0.25) is 9.89 Å². The van der Waals surface area contributed by atoms with Crippen molar-refractivity contribution in [3.63, 3.8) is 0 Å². The van der Waals surface area contributed by atoms with E-state index in [4.69, 9.17) is 0 Å². The molecule has 0 bridgehead atoms. The monoisotopic (exact) mass is 384 g/mol. The van der Waals surface area contributed by atoms with Gasteiger partial charge in [-0.2, -0.15) is 13.2 Å². The van der Waals surface area contributed by atoms with Crippen LogP contribution in [0.4, 0.5) is 13.2 Å². The minimum atomic E-state index is -4.19. The third kappa shape index (κ3) is 5.22. The molecule has 0 aliphatic carbocycles. The van der Waals surface area contributed by atoms with E-state index in [-0.39, 0.29) is 11.8 Å². The molecule has 0 aromatic heterocycles. The van der Waals surface area contributed by atoms with E-state index in [0.717, 1.165) is 0 Å². The molecule has 1 atom stereocenters. The van der Waals surface area contributed by atoms with Gasteiger partial charge in [-0.15, -0.1) is 0 Å². The number of hydrogen-bond donors (Lipinski definition) is 1. The first-order valence-electron chi connectivity index (χ1n) is 8.51. The number of likely N-dealkylation sites (tertiary alicyclic amines) is 1. The zero-order valence-electron chi connectivity index (χ0n) is 14.9. The van der Waals surface area contributed by atoms with Crippen LogP contribution in [0.25, 0.3) is 0 Å². The molecule has 0 saturated carbocycles. The SMILES string of the molecule is CCN=C(NC1CCN(CC(F)(F)F)C1)N1CCS(=O)(=O)C(C)(C)C1. The maximum atomic E-state index is 12.5. The summed E-state index contributed by atoms with van der Waals surface area (Å²) in [6, 6.07) is -0.116. The smallest absolute Gasteiger partial charge is 0.352 e. The van der Waals surface area contributed by atoms with Crippen molar-refractivity contribution in [1.82, 2.24) is 15.1 Å². The minimum Gasteiger partial charge on any atom is -0.352 e. The highest BCUT2D eigenvalue weighted by Crippen LogP contribution is 2.24. The summed E-state index contributed by atoms with van der Waals surface area (Å²) in [6.07, 6.45) is -3.59. The van der Waals surface area contributed by atoms with E-state index < -0.39 is 27.3 Å². The lowest BCUT2D eigenvalue weighted by Gasteiger charge is -2.39. The van der Waals surface area contributed by atoms with Gasteiger partial charge in [-0.25, -0.2) is 8.42 Å². The van der Waals surface area contributed by atoms with Crippen LogP contribution in [0.15, 0.2) is 4.99 Å². The molecule has 25 heavy (non-hydrogen) atoms. The van der Waals surface area contributed by atoms with Crippen molar-refractivity contribution in [3.8, 4) is 0 Å².